The molecule has 2 rings (SSSR count). The summed E-state index contributed by atoms with van der Waals surface area (Å²) in [6.07, 6.45) is -8.38. The lowest BCUT2D eigenvalue weighted by molar-refractivity contribution is -0.143. The highest BCUT2D eigenvalue weighted by molar-refractivity contribution is 5.35. The zero-order valence-corrected chi connectivity index (χ0v) is 14.8. The van der Waals surface area contributed by atoms with Crippen LogP contribution in [0.15, 0.2) is 18.2 Å². The van der Waals surface area contributed by atoms with Gasteiger partial charge in [-0.15, -0.1) is 0 Å². The topological polar surface area (TPSA) is 15.3 Å². The fourth-order valence-corrected chi connectivity index (χ4v) is 3.22. The van der Waals surface area contributed by atoms with E-state index in [-0.39, 0.29) is 11.6 Å². The second-order valence-electron chi connectivity index (χ2n) is 7.11. The lowest BCUT2D eigenvalue weighted by atomic mass is 9.93. The number of nitrogens with one attached hydrogen (secondary N) is 1. The van der Waals surface area contributed by atoms with Gasteiger partial charge in [0.25, 0.3) is 0 Å². The van der Waals surface area contributed by atoms with Gasteiger partial charge in [-0.2, -0.15) is 26.3 Å². The molecule has 0 amide bonds. The second kappa shape index (κ2) is 8.17. The van der Waals surface area contributed by atoms with Crippen molar-refractivity contribution in [2.24, 2.45) is 5.92 Å². The van der Waals surface area contributed by atoms with E-state index in [9.17, 15) is 26.3 Å². The minimum Gasteiger partial charge on any atom is -0.314 e. The van der Waals surface area contributed by atoms with Gasteiger partial charge in [0.15, 0.2) is 0 Å². The maximum absolute atomic E-state index is 13.2. The van der Waals surface area contributed by atoms with E-state index >= 15 is 0 Å². The molecule has 8 heteroatoms. The molecule has 1 atom stereocenters. The Bertz CT molecular complexity index is 556. The van der Waals surface area contributed by atoms with Crippen LogP contribution in [0.3, 0.4) is 0 Å². The monoisotopic (exact) mass is 382 g/mol. The summed E-state index contributed by atoms with van der Waals surface area (Å²) in [7, 11) is 0. The van der Waals surface area contributed by atoms with Gasteiger partial charge in [-0.25, -0.2) is 0 Å². The first-order valence-corrected chi connectivity index (χ1v) is 8.72. The SMILES string of the molecule is CC(C)CC[C@H](c1cc(C(F)(F)F)cc(C(F)(F)F)c1)N1CCNCC1. The number of alkyl halides is 6. The fraction of sp³-hybridized carbons (Fsp3) is 0.667. The molecule has 0 radical (unpaired) electrons. The first kappa shape index (κ1) is 21.0. The highest BCUT2D eigenvalue weighted by Crippen LogP contribution is 2.39. The molecule has 2 nitrogen and oxygen atoms in total. The first-order valence-electron chi connectivity index (χ1n) is 8.72. The number of rotatable bonds is 5. The third-order valence-electron chi connectivity index (χ3n) is 4.60. The predicted octanol–water partition coefficient (Wildman–Crippen LogP) is 5.11. The molecule has 0 saturated carbocycles. The van der Waals surface area contributed by atoms with Crippen molar-refractivity contribution in [3.63, 3.8) is 0 Å². The van der Waals surface area contributed by atoms with E-state index in [1.165, 1.54) is 0 Å². The Morgan fingerprint density at radius 2 is 1.38 bits per heavy atom. The number of benzene rings is 1. The summed E-state index contributed by atoms with van der Waals surface area (Å²) in [5.74, 6) is 0.313. The van der Waals surface area contributed by atoms with Crippen LogP contribution in [0.1, 0.15) is 49.4 Å². The molecule has 26 heavy (non-hydrogen) atoms. The van der Waals surface area contributed by atoms with Crippen LogP contribution in [0.2, 0.25) is 0 Å². The number of hydrogen-bond donors (Lipinski definition) is 1. The van der Waals surface area contributed by atoms with Crippen molar-refractivity contribution >= 4 is 0 Å². The summed E-state index contributed by atoms with van der Waals surface area (Å²) < 4.78 is 79.0. The smallest absolute Gasteiger partial charge is 0.314 e. The molecule has 1 aromatic carbocycles. The molecule has 1 aliphatic heterocycles. The van der Waals surface area contributed by atoms with Crippen molar-refractivity contribution in [1.29, 1.82) is 0 Å². The molecular formula is C18H24F6N2. The molecule has 0 bridgehead atoms. The average Bonchev–Trinajstić information content (AvgIpc) is 2.54. The average molecular weight is 382 g/mol. The van der Waals surface area contributed by atoms with Crippen LogP contribution < -0.4 is 5.32 Å². The summed E-state index contributed by atoms with van der Waals surface area (Å²) in [5.41, 5.74) is -2.39. The van der Waals surface area contributed by atoms with Crippen molar-refractivity contribution in [3.05, 3.63) is 34.9 Å². The molecule has 1 aromatic rings. The van der Waals surface area contributed by atoms with Crippen LogP contribution in [0.25, 0.3) is 0 Å². The van der Waals surface area contributed by atoms with E-state index < -0.39 is 29.5 Å². The Morgan fingerprint density at radius 3 is 1.81 bits per heavy atom. The molecule has 148 valence electrons. The van der Waals surface area contributed by atoms with Gasteiger partial charge in [-0.1, -0.05) is 13.8 Å². The Labute approximate surface area is 149 Å². The van der Waals surface area contributed by atoms with Crippen LogP contribution in [-0.4, -0.2) is 31.1 Å². The maximum atomic E-state index is 13.2. The first-order chi connectivity index (χ1) is 12.0. The van der Waals surface area contributed by atoms with Crippen molar-refractivity contribution in [1.82, 2.24) is 10.2 Å². The molecule has 1 heterocycles. The van der Waals surface area contributed by atoms with E-state index in [0.29, 0.717) is 38.5 Å². The number of halogens is 6. The summed E-state index contributed by atoms with van der Waals surface area (Å²) in [6.45, 7) is 6.51. The molecule has 0 aliphatic carbocycles. The van der Waals surface area contributed by atoms with Crippen molar-refractivity contribution in [2.45, 2.75) is 45.1 Å². The van der Waals surface area contributed by atoms with Gasteiger partial charge in [-0.3, -0.25) is 4.90 Å². The van der Waals surface area contributed by atoms with Crippen LogP contribution >= 0.6 is 0 Å². The molecular weight excluding hydrogens is 358 g/mol. The zero-order valence-electron chi connectivity index (χ0n) is 14.8. The second-order valence-corrected chi connectivity index (χ2v) is 7.11. The molecule has 1 N–H and O–H groups in total. The van der Waals surface area contributed by atoms with Crippen molar-refractivity contribution in [2.75, 3.05) is 26.2 Å². The largest absolute Gasteiger partial charge is 0.416 e. The lowest BCUT2D eigenvalue weighted by Gasteiger charge is -2.36. The lowest BCUT2D eigenvalue weighted by Crippen LogP contribution is -2.45. The van der Waals surface area contributed by atoms with Gasteiger partial charge in [-0.05, 0) is 42.5 Å². The number of hydrogen-bond acceptors (Lipinski definition) is 2. The molecule has 0 spiro atoms. The Balaban J connectivity index is 2.46. The quantitative estimate of drug-likeness (QED) is 0.713. The molecule has 1 aliphatic rings. The summed E-state index contributed by atoms with van der Waals surface area (Å²) in [4.78, 5) is 1.98. The van der Waals surface area contributed by atoms with Gasteiger partial charge in [0, 0.05) is 32.2 Å². The van der Waals surface area contributed by atoms with Crippen LogP contribution in [0.4, 0.5) is 26.3 Å². The molecule has 1 fully saturated rings. The number of piperazine rings is 1. The maximum Gasteiger partial charge on any atom is 0.416 e. The number of nitrogens with zero attached hydrogens (tertiary/aromatic N) is 1. The third-order valence-corrected chi connectivity index (χ3v) is 4.60. The minimum absolute atomic E-state index is 0.0923. The van der Waals surface area contributed by atoms with Gasteiger partial charge < -0.3 is 5.32 Å². The van der Waals surface area contributed by atoms with E-state index in [2.05, 4.69) is 5.32 Å². The zero-order chi connectivity index (χ0) is 19.5. The van der Waals surface area contributed by atoms with Gasteiger partial charge in [0.2, 0.25) is 0 Å². The highest BCUT2D eigenvalue weighted by atomic mass is 19.4. The Hall–Kier alpha value is -1.28. The minimum atomic E-state index is -4.82. The van der Waals surface area contributed by atoms with Crippen molar-refractivity contribution in [3.8, 4) is 0 Å². The molecule has 0 unspecified atom stereocenters. The highest BCUT2D eigenvalue weighted by Gasteiger charge is 2.38. The van der Waals surface area contributed by atoms with Gasteiger partial charge in [0.1, 0.15) is 0 Å². The third kappa shape index (κ3) is 5.61. The Morgan fingerprint density at radius 1 is 0.885 bits per heavy atom. The van der Waals surface area contributed by atoms with E-state index in [1.54, 1.807) is 0 Å². The van der Waals surface area contributed by atoms with E-state index in [0.717, 1.165) is 18.6 Å². The predicted molar refractivity (Wildman–Crippen MR) is 87.7 cm³/mol. The van der Waals surface area contributed by atoms with Gasteiger partial charge in [0.05, 0.1) is 11.1 Å². The summed E-state index contributed by atoms with van der Waals surface area (Å²) in [6, 6.07) is 1.49. The molecule has 1 saturated heterocycles. The van der Waals surface area contributed by atoms with Gasteiger partial charge >= 0.3 is 12.4 Å². The van der Waals surface area contributed by atoms with Crippen LogP contribution in [-0.2, 0) is 12.4 Å². The van der Waals surface area contributed by atoms with Crippen LogP contribution in [0, 0.1) is 5.92 Å². The van der Waals surface area contributed by atoms with Crippen LogP contribution in [0.5, 0.6) is 0 Å². The summed E-state index contributed by atoms with van der Waals surface area (Å²) >= 11 is 0. The Kier molecular flexibility index (Phi) is 6.60. The van der Waals surface area contributed by atoms with E-state index in [4.69, 9.17) is 0 Å². The normalized spacial score (nSPS) is 18.3. The fourth-order valence-electron chi connectivity index (χ4n) is 3.22. The van der Waals surface area contributed by atoms with Crippen molar-refractivity contribution < 1.29 is 26.3 Å². The van der Waals surface area contributed by atoms with E-state index in [1.807, 2.05) is 18.7 Å². The molecule has 0 aromatic heterocycles. The standard InChI is InChI=1S/C18H24F6N2/c1-12(2)3-4-16(26-7-5-25-6-8-26)13-9-14(17(19,20)21)11-15(10-13)18(22,23)24/h9-12,16,25H,3-8H2,1-2H3/t16-/m1/s1. The summed E-state index contributed by atoms with van der Waals surface area (Å²) in [5, 5.41) is 3.16.